The van der Waals surface area contributed by atoms with E-state index in [0.29, 0.717) is 4.32 Å². The van der Waals surface area contributed by atoms with E-state index >= 15 is 0 Å². The van der Waals surface area contributed by atoms with Crippen molar-refractivity contribution >= 4 is 51.6 Å². The van der Waals surface area contributed by atoms with Crippen LogP contribution in [0.3, 0.4) is 0 Å². The highest BCUT2D eigenvalue weighted by atomic mass is 32.2. The second-order valence-electron chi connectivity index (χ2n) is 5.31. The normalized spacial score (nSPS) is 22.0. The van der Waals surface area contributed by atoms with E-state index in [1.54, 1.807) is 21.1 Å². The second kappa shape index (κ2) is 7.70. The van der Waals surface area contributed by atoms with E-state index in [2.05, 4.69) is 0 Å². The van der Waals surface area contributed by atoms with Crippen LogP contribution >= 0.6 is 35.3 Å². The maximum absolute atomic E-state index is 12.5. The standard InChI is InChI=1S/C15H18N2O2S3/c18-14-13(11-12-3-1-10-21-12)22-15(20)17(14)5-2-4-16-6-8-19-9-7-16/h1,3,10-11H,2,4-9H2/p+1/b13-11-. The van der Waals surface area contributed by atoms with Crippen molar-refractivity contribution in [3.8, 4) is 0 Å². The molecule has 1 aromatic rings. The maximum atomic E-state index is 12.5. The molecule has 1 aromatic heterocycles. The molecule has 0 aromatic carbocycles. The Kier molecular flexibility index (Phi) is 5.65. The molecule has 2 fully saturated rings. The molecule has 0 saturated carbocycles. The maximum Gasteiger partial charge on any atom is 0.266 e. The monoisotopic (exact) mass is 355 g/mol. The number of carbonyl (C=O) groups excluding carboxylic acids is 1. The number of thiophene rings is 1. The van der Waals surface area contributed by atoms with Gasteiger partial charge in [0.25, 0.3) is 5.91 Å². The second-order valence-corrected chi connectivity index (χ2v) is 7.97. The molecular formula is C15H19N2O2S3+. The summed E-state index contributed by atoms with van der Waals surface area (Å²) >= 11 is 8.41. The number of morpholine rings is 1. The Morgan fingerprint density at radius 1 is 1.41 bits per heavy atom. The summed E-state index contributed by atoms with van der Waals surface area (Å²) < 4.78 is 6.05. The highest BCUT2D eigenvalue weighted by Gasteiger charge is 2.31. The summed E-state index contributed by atoms with van der Waals surface area (Å²) in [5.41, 5.74) is 0. The van der Waals surface area contributed by atoms with Crippen LogP contribution in [0.2, 0.25) is 0 Å². The average molecular weight is 356 g/mol. The van der Waals surface area contributed by atoms with E-state index in [1.807, 2.05) is 23.6 Å². The predicted octanol–water partition coefficient (Wildman–Crippen LogP) is 1.25. The topological polar surface area (TPSA) is 34.0 Å². The highest BCUT2D eigenvalue weighted by Crippen LogP contribution is 2.33. The van der Waals surface area contributed by atoms with Crippen LogP contribution in [0.15, 0.2) is 22.4 Å². The zero-order chi connectivity index (χ0) is 15.4. The van der Waals surface area contributed by atoms with Crippen molar-refractivity contribution in [1.82, 2.24) is 4.90 Å². The van der Waals surface area contributed by atoms with Crippen LogP contribution < -0.4 is 4.90 Å². The Labute approximate surface area is 144 Å². The molecule has 0 atom stereocenters. The number of rotatable bonds is 5. The summed E-state index contributed by atoms with van der Waals surface area (Å²) in [4.78, 5) is 17.6. The zero-order valence-corrected chi connectivity index (χ0v) is 14.7. The SMILES string of the molecule is O=C1/C(=C/c2cccs2)SC(=S)N1CCC[NH+]1CCOCC1. The van der Waals surface area contributed by atoms with Crippen molar-refractivity contribution in [2.45, 2.75) is 6.42 Å². The van der Waals surface area contributed by atoms with Gasteiger partial charge in [0, 0.05) is 17.8 Å². The first-order valence-corrected chi connectivity index (χ1v) is 9.54. The number of ether oxygens (including phenoxy) is 1. The lowest BCUT2D eigenvalue weighted by molar-refractivity contribution is -0.908. The third-order valence-corrected chi connectivity index (χ3v) is 6.00. The predicted molar refractivity (Wildman–Crippen MR) is 95.2 cm³/mol. The van der Waals surface area contributed by atoms with Crippen molar-refractivity contribution in [1.29, 1.82) is 0 Å². The van der Waals surface area contributed by atoms with Crippen LogP contribution in [-0.2, 0) is 9.53 Å². The van der Waals surface area contributed by atoms with Gasteiger partial charge in [-0.2, -0.15) is 0 Å². The highest BCUT2D eigenvalue weighted by molar-refractivity contribution is 8.26. The molecule has 7 heteroatoms. The number of hydrogen-bond acceptors (Lipinski definition) is 5. The molecule has 0 spiro atoms. The molecule has 2 aliphatic heterocycles. The molecular weight excluding hydrogens is 336 g/mol. The number of quaternary nitrogens is 1. The summed E-state index contributed by atoms with van der Waals surface area (Å²) in [7, 11) is 0. The Balaban J connectivity index is 1.53. The van der Waals surface area contributed by atoms with Gasteiger partial charge in [0.05, 0.1) is 24.7 Å². The van der Waals surface area contributed by atoms with E-state index < -0.39 is 0 Å². The minimum absolute atomic E-state index is 0.0559. The summed E-state index contributed by atoms with van der Waals surface area (Å²) in [5.74, 6) is 0.0559. The third kappa shape index (κ3) is 3.97. The van der Waals surface area contributed by atoms with Gasteiger partial charge >= 0.3 is 0 Å². The number of thiocarbonyl (C=S) groups is 1. The van der Waals surface area contributed by atoms with Crippen LogP contribution in [-0.4, -0.2) is 54.5 Å². The van der Waals surface area contributed by atoms with Crippen LogP contribution in [0.25, 0.3) is 6.08 Å². The summed E-state index contributed by atoms with van der Waals surface area (Å²) in [6, 6.07) is 4.00. The van der Waals surface area contributed by atoms with Crippen LogP contribution in [0.5, 0.6) is 0 Å². The zero-order valence-electron chi connectivity index (χ0n) is 12.2. The summed E-state index contributed by atoms with van der Waals surface area (Å²) in [5, 5.41) is 2.01. The number of hydrogen-bond donors (Lipinski definition) is 1. The molecule has 0 radical (unpaired) electrons. The van der Waals surface area contributed by atoms with Gasteiger partial charge in [0.15, 0.2) is 0 Å². The summed E-state index contributed by atoms with van der Waals surface area (Å²) in [6.45, 7) is 5.62. The molecule has 3 heterocycles. The number of nitrogens with one attached hydrogen (secondary N) is 1. The molecule has 1 amide bonds. The van der Waals surface area contributed by atoms with E-state index in [9.17, 15) is 4.79 Å². The van der Waals surface area contributed by atoms with Gasteiger partial charge in [-0.15, -0.1) is 11.3 Å². The molecule has 0 aliphatic carbocycles. The largest absolute Gasteiger partial charge is 0.370 e. The Hall–Kier alpha value is -0.730. The smallest absolute Gasteiger partial charge is 0.266 e. The van der Waals surface area contributed by atoms with E-state index in [1.165, 1.54) is 11.8 Å². The van der Waals surface area contributed by atoms with Crippen molar-refractivity contribution in [3.63, 3.8) is 0 Å². The molecule has 2 aliphatic rings. The van der Waals surface area contributed by atoms with Gasteiger partial charge in [0.2, 0.25) is 0 Å². The fourth-order valence-corrected chi connectivity index (χ4v) is 4.62. The average Bonchev–Trinajstić information content (AvgIpc) is 3.12. The number of amides is 1. The van der Waals surface area contributed by atoms with E-state index in [-0.39, 0.29) is 5.91 Å². The van der Waals surface area contributed by atoms with Crippen LogP contribution in [0.1, 0.15) is 11.3 Å². The molecule has 2 saturated heterocycles. The third-order valence-electron chi connectivity index (χ3n) is 3.80. The quantitative estimate of drug-likeness (QED) is 0.637. The van der Waals surface area contributed by atoms with E-state index in [0.717, 1.165) is 55.6 Å². The van der Waals surface area contributed by atoms with Gasteiger partial charge in [-0.1, -0.05) is 30.0 Å². The number of carbonyl (C=O) groups is 1. The Bertz CT molecular complexity index is 565. The van der Waals surface area contributed by atoms with Gasteiger partial charge in [-0.25, -0.2) is 0 Å². The molecule has 3 rings (SSSR count). The minimum atomic E-state index is 0.0559. The van der Waals surface area contributed by atoms with Gasteiger partial charge in [-0.3, -0.25) is 9.69 Å². The van der Waals surface area contributed by atoms with Gasteiger partial charge in [-0.05, 0) is 17.5 Å². The molecule has 4 nitrogen and oxygen atoms in total. The van der Waals surface area contributed by atoms with Gasteiger partial charge in [0.1, 0.15) is 17.4 Å². The Morgan fingerprint density at radius 2 is 2.23 bits per heavy atom. The molecule has 0 bridgehead atoms. The lowest BCUT2D eigenvalue weighted by Crippen LogP contribution is -3.14. The van der Waals surface area contributed by atoms with Crippen molar-refractivity contribution in [2.75, 3.05) is 39.4 Å². The number of nitrogens with zero attached hydrogens (tertiary/aromatic N) is 1. The fraction of sp³-hybridized carbons (Fsp3) is 0.467. The first-order valence-electron chi connectivity index (χ1n) is 7.44. The van der Waals surface area contributed by atoms with Crippen molar-refractivity contribution < 1.29 is 14.4 Å². The fourth-order valence-electron chi connectivity index (χ4n) is 2.59. The van der Waals surface area contributed by atoms with Gasteiger partial charge < -0.3 is 9.64 Å². The lowest BCUT2D eigenvalue weighted by Gasteiger charge is -2.24. The Morgan fingerprint density at radius 3 is 2.95 bits per heavy atom. The number of thioether (sulfide) groups is 1. The molecule has 118 valence electrons. The van der Waals surface area contributed by atoms with Crippen molar-refractivity contribution in [3.05, 3.63) is 27.3 Å². The lowest BCUT2D eigenvalue weighted by atomic mass is 10.3. The van der Waals surface area contributed by atoms with Crippen molar-refractivity contribution in [2.24, 2.45) is 0 Å². The first kappa shape index (κ1) is 16.1. The first-order chi connectivity index (χ1) is 10.7. The summed E-state index contributed by atoms with van der Waals surface area (Å²) in [6.07, 6.45) is 2.92. The molecule has 1 N–H and O–H groups in total. The molecule has 0 unspecified atom stereocenters. The minimum Gasteiger partial charge on any atom is -0.370 e. The van der Waals surface area contributed by atoms with E-state index in [4.69, 9.17) is 17.0 Å². The molecule has 22 heavy (non-hydrogen) atoms. The van der Waals surface area contributed by atoms with Crippen LogP contribution in [0.4, 0.5) is 0 Å². The van der Waals surface area contributed by atoms with Crippen LogP contribution in [0, 0.1) is 0 Å².